The van der Waals surface area contributed by atoms with Gasteiger partial charge in [-0.3, -0.25) is 14.9 Å². The number of para-hydroxylation sites is 2. The van der Waals surface area contributed by atoms with Crippen LogP contribution in [0.1, 0.15) is 21.6 Å². The van der Waals surface area contributed by atoms with E-state index in [0.717, 1.165) is 27.8 Å². The molecule has 5 nitrogen and oxygen atoms in total. The van der Waals surface area contributed by atoms with Gasteiger partial charge >= 0.3 is 0 Å². The molecule has 2 N–H and O–H groups in total. The zero-order valence-electron chi connectivity index (χ0n) is 13.9. The number of fused-ring (bicyclic) bond motifs is 1. The molecule has 126 valence electrons. The molecule has 4 rings (SSSR count). The molecule has 0 fully saturated rings. The first-order chi connectivity index (χ1) is 12.8. The average molecular weight is 340 g/mol. The van der Waals surface area contributed by atoms with E-state index in [4.69, 9.17) is 0 Å². The Morgan fingerprint density at radius 3 is 2.58 bits per heavy atom. The number of aromatic nitrogens is 3. The third kappa shape index (κ3) is 3.23. The lowest BCUT2D eigenvalue weighted by atomic mass is 10.1. The van der Waals surface area contributed by atoms with Gasteiger partial charge in [-0.1, -0.05) is 42.5 Å². The van der Waals surface area contributed by atoms with Crippen LogP contribution >= 0.6 is 0 Å². The minimum absolute atomic E-state index is 0.168. The van der Waals surface area contributed by atoms with Crippen molar-refractivity contribution < 1.29 is 4.79 Å². The monoisotopic (exact) mass is 340 g/mol. The van der Waals surface area contributed by atoms with E-state index in [1.807, 2.05) is 60.7 Å². The summed E-state index contributed by atoms with van der Waals surface area (Å²) in [5.74, 6) is -0.168. The third-order valence-corrected chi connectivity index (χ3v) is 4.07. The number of aromatic amines is 1. The summed E-state index contributed by atoms with van der Waals surface area (Å²) in [4.78, 5) is 16.3. The molecule has 0 saturated carbocycles. The van der Waals surface area contributed by atoms with Crippen LogP contribution in [0.25, 0.3) is 23.1 Å². The van der Waals surface area contributed by atoms with Gasteiger partial charge in [0.2, 0.25) is 0 Å². The normalized spacial score (nSPS) is 11.1. The van der Waals surface area contributed by atoms with E-state index >= 15 is 0 Å². The molecule has 0 unspecified atom stereocenters. The van der Waals surface area contributed by atoms with Crippen LogP contribution in [0.15, 0.2) is 73.1 Å². The fraction of sp³-hybridized carbons (Fsp3) is 0. The Hall–Kier alpha value is -3.73. The molecule has 0 saturated heterocycles. The molecule has 0 radical (unpaired) electrons. The van der Waals surface area contributed by atoms with Crippen LogP contribution in [-0.2, 0) is 0 Å². The highest BCUT2D eigenvalue weighted by Gasteiger charge is 2.08. The first kappa shape index (κ1) is 15.8. The van der Waals surface area contributed by atoms with Crippen molar-refractivity contribution in [2.24, 2.45) is 0 Å². The fourth-order valence-electron chi connectivity index (χ4n) is 2.73. The molecule has 0 aliphatic carbocycles. The predicted molar refractivity (Wildman–Crippen MR) is 104 cm³/mol. The van der Waals surface area contributed by atoms with E-state index in [1.54, 1.807) is 24.5 Å². The zero-order valence-corrected chi connectivity index (χ0v) is 13.9. The van der Waals surface area contributed by atoms with E-state index in [9.17, 15) is 4.79 Å². The number of nitrogens with zero attached hydrogens (tertiary/aromatic N) is 2. The van der Waals surface area contributed by atoms with Crippen molar-refractivity contribution in [2.45, 2.75) is 0 Å². The quantitative estimate of drug-likeness (QED) is 0.579. The SMILES string of the molecule is O=C(Nc1ccccc1/C=C/c1n[nH]c2ccccc12)c1ccncc1. The van der Waals surface area contributed by atoms with Gasteiger partial charge in [0.1, 0.15) is 0 Å². The number of nitrogens with one attached hydrogen (secondary N) is 2. The lowest BCUT2D eigenvalue weighted by molar-refractivity contribution is 0.102. The molecule has 0 spiro atoms. The van der Waals surface area contributed by atoms with Gasteiger partial charge in [-0.05, 0) is 35.9 Å². The molecular weight excluding hydrogens is 324 g/mol. The standard InChI is InChI=1S/C21H16N4O/c26-21(16-11-13-22-14-12-16)23-18-7-3-1-5-15(18)9-10-20-17-6-2-4-8-19(17)24-25-20/h1-14H,(H,23,26)(H,24,25)/b10-9+. The van der Waals surface area contributed by atoms with Gasteiger partial charge in [0, 0.05) is 29.0 Å². The second-order valence-corrected chi connectivity index (χ2v) is 5.77. The molecule has 2 aromatic carbocycles. The summed E-state index contributed by atoms with van der Waals surface area (Å²) in [6.45, 7) is 0. The summed E-state index contributed by atoms with van der Waals surface area (Å²) in [5, 5.41) is 11.4. The maximum Gasteiger partial charge on any atom is 0.255 e. The van der Waals surface area contributed by atoms with Gasteiger partial charge < -0.3 is 5.32 Å². The molecule has 2 heterocycles. The summed E-state index contributed by atoms with van der Waals surface area (Å²) in [6, 6.07) is 19.0. The number of amides is 1. The first-order valence-electron chi connectivity index (χ1n) is 8.23. The number of hydrogen-bond donors (Lipinski definition) is 2. The highest BCUT2D eigenvalue weighted by molar-refractivity contribution is 6.05. The molecular formula is C21H16N4O. The second kappa shape index (κ2) is 7.03. The summed E-state index contributed by atoms with van der Waals surface area (Å²) in [5.41, 5.74) is 4.06. The first-order valence-corrected chi connectivity index (χ1v) is 8.23. The molecule has 0 atom stereocenters. The van der Waals surface area contributed by atoms with Crippen LogP contribution in [0.4, 0.5) is 5.69 Å². The molecule has 0 bridgehead atoms. The highest BCUT2D eigenvalue weighted by atomic mass is 16.1. The molecule has 0 aliphatic rings. The van der Waals surface area contributed by atoms with Crippen molar-refractivity contribution in [1.82, 2.24) is 15.2 Å². The molecule has 2 aromatic heterocycles. The lowest BCUT2D eigenvalue weighted by Gasteiger charge is -2.08. The number of hydrogen-bond acceptors (Lipinski definition) is 3. The number of anilines is 1. The van der Waals surface area contributed by atoms with Gasteiger partial charge in [0.15, 0.2) is 0 Å². The van der Waals surface area contributed by atoms with Gasteiger partial charge in [-0.2, -0.15) is 5.10 Å². The van der Waals surface area contributed by atoms with Gasteiger partial charge in [-0.15, -0.1) is 0 Å². The van der Waals surface area contributed by atoms with Gasteiger partial charge in [0.25, 0.3) is 5.91 Å². The largest absolute Gasteiger partial charge is 0.321 e. The number of carbonyl (C=O) groups excluding carboxylic acids is 1. The number of benzene rings is 2. The van der Waals surface area contributed by atoms with Crippen LogP contribution in [0.3, 0.4) is 0 Å². The summed E-state index contributed by atoms with van der Waals surface area (Å²) in [6.07, 6.45) is 7.09. The van der Waals surface area contributed by atoms with E-state index in [1.165, 1.54) is 0 Å². The highest BCUT2D eigenvalue weighted by Crippen LogP contribution is 2.21. The van der Waals surface area contributed by atoms with Crippen LogP contribution in [0.5, 0.6) is 0 Å². The van der Waals surface area contributed by atoms with Crippen molar-refractivity contribution in [3.05, 3.63) is 89.9 Å². The minimum atomic E-state index is -0.168. The van der Waals surface area contributed by atoms with Crippen LogP contribution in [-0.4, -0.2) is 21.1 Å². The smallest absolute Gasteiger partial charge is 0.255 e. The average Bonchev–Trinajstić information content (AvgIpc) is 3.11. The molecule has 1 amide bonds. The maximum atomic E-state index is 12.4. The Bertz CT molecular complexity index is 1080. The third-order valence-electron chi connectivity index (χ3n) is 4.07. The van der Waals surface area contributed by atoms with Crippen molar-refractivity contribution in [1.29, 1.82) is 0 Å². The topological polar surface area (TPSA) is 70.7 Å². The number of pyridine rings is 1. The van der Waals surface area contributed by atoms with Crippen molar-refractivity contribution >= 4 is 34.6 Å². The summed E-state index contributed by atoms with van der Waals surface area (Å²) in [7, 11) is 0. The van der Waals surface area contributed by atoms with Gasteiger partial charge in [0.05, 0.1) is 11.2 Å². The summed E-state index contributed by atoms with van der Waals surface area (Å²) >= 11 is 0. The number of carbonyl (C=O) groups is 1. The van der Waals surface area contributed by atoms with E-state index < -0.39 is 0 Å². The van der Waals surface area contributed by atoms with E-state index in [-0.39, 0.29) is 5.91 Å². The Labute approximate surface area is 150 Å². The Balaban J connectivity index is 1.61. The maximum absolute atomic E-state index is 12.4. The predicted octanol–water partition coefficient (Wildman–Crippen LogP) is 4.38. The molecule has 5 heteroatoms. The van der Waals surface area contributed by atoms with Crippen molar-refractivity contribution in [2.75, 3.05) is 5.32 Å². The molecule has 26 heavy (non-hydrogen) atoms. The van der Waals surface area contributed by atoms with Gasteiger partial charge in [-0.25, -0.2) is 0 Å². The minimum Gasteiger partial charge on any atom is -0.321 e. The fourth-order valence-corrected chi connectivity index (χ4v) is 2.73. The number of rotatable bonds is 4. The summed E-state index contributed by atoms with van der Waals surface area (Å²) < 4.78 is 0. The van der Waals surface area contributed by atoms with E-state index in [0.29, 0.717) is 5.56 Å². The van der Waals surface area contributed by atoms with Crippen LogP contribution < -0.4 is 5.32 Å². The molecule has 0 aliphatic heterocycles. The number of H-pyrrole nitrogens is 1. The Morgan fingerprint density at radius 2 is 1.69 bits per heavy atom. The van der Waals surface area contributed by atoms with E-state index in [2.05, 4.69) is 20.5 Å². The molecule has 4 aromatic rings. The lowest BCUT2D eigenvalue weighted by Crippen LogP contribution is -2.12. The second-order valence-electron chi connectivity index (χ2n) is 5.77. The zero-order chi connectivity index (χ0) is 17.8. The van der Waals surface area contributed by atoms with Crippen molar-refractivity contribution in [3.63, 3.8) is 0 Å². The van der Waals surface area contributed by atoms with Crippen LogP contribution in [0.2, 0.25) is 0 Å². The van der Waals surface area contributed by atoms with Crippen LogP contribution in [0, 0.1) is 0 Å². The Morgan fingerprint density at radius 1 is 0.923 bits per heavy atom. The Kier molecular flexibility index (Phi) is 4.26. The van der Waals surface area contributed by atoms with Crippen molar-refractivity contribution in [3.8, 4) is 0 Å².